The van der Waals surface area contributed by atoms with Crippen LogP contribution in [0.2, 0.25) is 0 Å². The van der Waals surface area contributed by atoms with E-state index in [2.05, 4.69) is 26.0 Å². The van der Waals surface area contributed by atoms with Crippen molar-refractivity contribution in [1.29, 1.82) is 0 Å². The monoisotopic (exact) mass is 154 g/mol. The highest BCUT2D eigenvalue weighted by Crippen LogP contribution is 2.10. The van der Waals surface area contributed by atoms with Crippen LogP contribution in [0.1, 0.15) is 27.2 Å². The van der Waals surface area contributed by atoms with Gasteiger partial charge in [0.2, 0.25) is 0 Å². The molecular formula is C10H18O. The van der Waals surface area contributed by atoms with Crippen LogP contribution in [0.4, 0.5) is 0 Å². The Balaban J connectivity index is 3.91. The number of rotatable bonds is 4. The minimum absolute atomic E-state index is 0.149. The van der Waals surface area contributed by atoms with Gasteiger partial charge in [-0.2, -0.15) is 0 Å². The van der Waals surface area contributed by atoms with Crippen molar-refractivity contribution < 1.29 is 5.11 Å². The highest BCUT2D eigenvalue weighted by molar-refractivity contribution is 5.09. The van der Waals surface area contributed by atoms with Crippen LogP contribution in [0.5, 0.6) is 0 Å². The number of hydrogen-bond donors (Lipinski definition) is 1. The van der Waals surface area contributed by atoms with Crippen molar-refractivity contribution >= 4 is 0 Å². The van der Waals surface area contributed by atoms with Crippen LogP contribution in [-0.2, 0) is 0 Å². The zero-order chi connectivity index (χ0) is 8.69. The van der Waals surface area contributed by atoms with Gasteiger partial charge in [0.15, 0.2) is 0 Å². The summed E-state index contributed by atoms with van der Waals surface area (Å²) in [5.41, 5.74) is 1.23. The SMILES string of the molecule is CC/C=C/C(C)/C(C)=C/CO. The van der Waals surface area contributed by atoms with Crippen LogP contribution in [0, 0.1) is 5.92 Å². The van der Waals surface area contributed by atoms with Gasteiger partial charge in [-0.1, -0.05) is 37.6 Å². The second-order valence-electron chi connectivity index (χ2n) is 2.76. The summed E-state index contributed by atoms with van der Waals surface area (Å²) in [5.74, 6) is 0.460. The highest BCUT2D eigenvalue weighted by atomic mass is 16.2. The Morgan fingerprint density at radius 2 is 2.18 bits per heavy atom. The van der Waals surface area contributed by atoms with Gasteiger partial charge in [0, 0.05) is 0 Å². The van der Waals surface area contributed by atoms with Gasteiger partial charge >= 0.3 is 0 Å². The summed E-state index contributed by atoms with van der Waals surface area (Å²) in [6.45, 7) is 6.44. The van der Waals surface area contributed by atoms with Gasteiger partial charge in [-0.3, -0.25) is 0 Å². The molecule has 0 aromatic rings. The van der Waals surface area contributed by atoms with E-state index in [0.717, 1.165) is 6.42 Å². The molecule has 0 aliphatic rings. The molecule has 1 atom stereocenters. The fourth-order valence-corrected chi connectivity index (χ4v) is 0.822. The zero-order valence-corrected chi connectivity index (χ0v) is 7.67. The van der Waals surface area contributed by atoms with Crippen molar-refractivity contribution in [2.24, 2.45) is 5.92 Å². The molecule has 11 heavy (non-hydrogen) atoms. The summed E-state index contributed by atoms with van der Waals surface area (Å²) in [7, 11) is 0. The zero-order valence-electron chi connectivity index (χ0n) is 7.67. The van der Waals surface area contributed by atoms with Crippen LogP contribution in [0.25, 0.3) is 0 Å². The molecule has 0 saturated carbocycles. The van der Waals surface area contributed by atoms with Gasteiger partial charge in [0.1, 0.15) is 0 Å². The molecule has 0 aromatic heterocycles. The Labute approximate surface area is 69.4 Å². The highest BCUT2D eigenvalue weighted by Gasteiger charge is 1.96. The molecule has 1 unspecified atom stereocenters. The van der Waals surface area contributed by atoms with Gasteiger partial charge < -0.3 is 5.11 Å². The predicted octanol–water partition coefficient (Wildman–Crippen LogP) is 2.53. The Kier molecular flexibility index (Phi) is 5.86. The molecule has 0 heterocycles. The smallest absolute Gasteiger partial charge is 0.0615 e. The van der Waals surface area contributed by atoms with Crippen molar-refractivity contribution in [2.45, 2.75) is 27.2 Å². The molecule has 1 nitrogen and oxygen atoms in total. The van der Waals surface area contributed by atoms with Gasteiger partial charge in [-0.05, 0) is 19.3 Å². The molecule has 0 amide bonds. The molecule has 1 N–H and O–H groups in total. The minimum Gasteiger partial charge on any atom is -0.392 e. The first-order valence-electron chi connectivity index (χ1n) is 4.16. The Hall–Kier alpha value is -0.560. The molecule has 0 bridgehead atoms. The lowest BCUT2D eigenvalue weighted by Gasteiger charge is -2.05. The van der Waals surface area contributed by atoms with Crippen LogP contribution >= 0.6 is 0 Å². The van der Waals surface area contributed by atoms with Crippen molar-refractivity contribution in [2.75, 3.05) is 6.61 Å². The van der Waals surface area contributed by atoms with E-state index in [1.165, 1.54) is 5.57 Å². The van der Waals surface area contributed by atoms with E-state index >= 15 is 0 Å². The normalized spacial score (nSPS) is 15.8. The first-order valence-corrected chi connectivity index (χ1v) is 4.16. The number of hydrogen-bond acceptors (Lipinski definition) is 1. The maximum Gasteiger partial charge on any atom is 0.0615 e. The van der Waals surface area contributed by atoms with Gasteiger partial charge in [0.25, 0.3) is 0 Å². The summed E-state index contributed by atoms with van der Waals surface area (Å²) < 4.78 is 0. The molecule has 64 valence electrons. The van der Waals surface area contributed by atoms with Crippen LogP contribution in [-0.4, -0.2) is 11.7 Å². The fourth-order valence-electron chi connectivity index (χ4n) is 0.822. The molecule has 0 rings (SSSR count). The van der Waals surface area contributed by atoms with E-state index in [-0.39, 0.29) is 6.61 Å². The lowest BCUT2D eigenvalue weighted by Crippen LogP contribution is -1.92. The number of allylic oxidation sites excluding steroid dienone is 3. The van der Waals surface area contributed by atoms with E-state index in [0.29, 0.717) is 5.92 Å². The molecule has 0 aromatic carbocycles. The third-order valence-electron chi connectivity index (χ3n) is 1.79. The van der Waals surface area contributed by atoms with Crippen LogP contribution in [0.15, 0.2) is 23.8 Å². The predicted molar refractivity (Wildman–Crippen MR) is 49.4 cm³/mol. The molecule has 0 radical (unpaired) electrons. The first-order chi connectivity index (χ1) is 5.22. The largest absolute Gasteiger partial charge is 0.392 e. The Morgan fingerprint density at radius 1 is 1.55 bits per heavy atom. The van der Waals surface area contributed by atoms with Crippen LogP contribution in [0.3, 0.4) is 0 Å². The topological polar surface area (TPSA) is 20.2 Å². The third-order valence-corrected chi connectivity index (χ3v) is 1.79. The second kappa shape index (κ2) is 6.17. The molecule has 0 aliphatic carbocycles. The third kappa shape index (κ3) is 4.79. The average Bonchev–Trinajstić information content (AvgIpc) is 2.00. The lowest BCUT2D eigenvalue weighted by molar-refractivity contribution is 0.341. The standard InChI is InChI=1S/C10H18O/c1-4-5-6-9(2)10(3)7-8-11/h5-7,9,11H,4,8H2,1-3H3/b6-5+,10-7+. The summed E-state index contributed by atoms with van der Waals surface area (Å²) >= 11 is 0. The summed E-state index contributed by atoms with van der Waals surface area (Å²) in [6, 6.07) is 0. The van der Waals surface area contributed by atoms with Crippen molar-refractivity contribution in [3.8, 4) is 0 Å². The van der Waals surface area contributed by atoms with E-state index in [4.69, 9.17) is 5.11 Å². The number of aliphatic hydroxyl groups is 1. The van der Waals surface area contributed by atoms with Crippen molar-refractivity contribution in [3.63, 3.8) is 0 Å². The van der Waals surface area contributed by atoms with Crippen LogP contribution < -0.4 is 0 Å². The molecule has 0 spiro atoms. The maximum absolute atomic E-state index is 8.61. The molecule has 0 fully saturated rings. The van der Waals surface area contributed by atoms with Gasteiger partial charge in [-0.15, -0.1) is 0 Å². The van der Waals surface area contributed by atoms with Crippen molar-refractivity contribution in [1.82, 2.24) is 0 Å². The first kappa shape index (κ1) is 10.4. The minimum atomic E-state index is 0.149. The van der Waals surface area contributed by atoms with E-state index in [1.807, 2.05) is 13.0 Å². The maximum atomic E-state index is 8.61. The fraction of sp³-hybridized carbons (Fsp3) is 0.600. The summed E-state index contributed by atoms with van der Waals surface area (Å²) in [5, 5.41) is 8.61. The van der Waals surface area contributed by atoms with E-state index < -0.39 is 0 Å². The van der Waals surface area contributed by atoms with Gasteiger partial charge in [0.05, 0.1) is 6.61 Å². The summed E-state index contributed by atoms with van der Waals surface area (Å²) in [4.78, 5) is 0. The van der Waals surface area contributed by atoms with Gasteiger partial charge in [-0.25, -0.2) is 0 Å². The van der Waals surface area contributed by atoms with E-state index in [9.17, 15) is 0 Å². The molecule has 0 aliphatic heterocycles. The summed E-state index contributed by atoms with van der Waals surface area (Å²) in [6.07, 6.45) is 7.25. The lowest BCUT2D eigenvalue weighted by atomic mass is 10.0. The number of aliphatic hydroxyl groups excluding tert-OH is 1. The quantitative estimate of drug-likeness (QED) is 0.617. The van der Waals surface area contributed by atoms with Crippen molar-refractivity contribution in [3.05, 3.63) is 23.8 Å². The average molecular weight is 154 g/mol. The molecular weight excluding hydrogens is 136 g/mol. The Bertz CT molecular complexity index is 145. The molecule has 1 heteroatoms. The van der Waals surface area contributed by atoms with E-state index in [1.54, 1.807) is 0 Å². The Morgan fingerprint density at radius 3 is 2.64 bits per heavy atom. The second-order valence-corrected chi connectivity index (χ2v) is 2.76. The molecule has 0 saturated heterocycles.